The first-order chi connectivity index (χ1) is 10.4. The van der Waals surface area contributed by atoms with E-state index < -0.39 is 6.04 Å². The molecule has 1 saturated heterocycles. The Morgan fingerprint density at radius 2 is 2.09 bits per heavy atom. The van der Waals surface area contributed by atoms with E-state index in [2.05, 4.69) is 10.6 Å². The van der Waals surface area contributed by atoms with Gasteiger partial charge in [0.2, 0.25) is 5.91 Å². The van der Waals surface area contributed by atoms with Gasteiger partial charge < -0.3 is 15.5 Å². The molecule has 1 heterocycles. The summed E-state index contributed by atoms with van der Waals surface area (Å²) in [5.41, 5.74) is 0.787. The van der Waals surface area contributed by atoms with Gasteiger partial charge in [0.15, 0.2) is 0 Å². The molecule has 120 valence electrons. The third kappa shape index (κ3) is 3.65. The summed E-state index contributed by atoms with van der Waals surface area (Å²) in [6.45, 7) is 2.42. The molecule has 0 spiro atoms. The Morgan fingerprint density at radius 3 is 2.73 bits per heavy atom. The molecular weight excluding hydrogens is 325 g/mol. The molecule has 22 heavy (non-hydrogen) atoms. The maximum atomic E-state index is 12.4. The Hall–Kier alpha value is -1.46. The number of benzene rings is 1. The number of likely N-dealkylation sites (tertiary alicyclic amines) is 1. The lowest BCUT2D eigenvalue weighted by Gasteiger charge is -2.26. The fourth-order valence-electron chi connectivity index (χ4n) is 2.65. The van der Waals surface area contributed by atoms with E-state index in [0.717, 1.165) is 12.0 Å². The number of urea groups is 1. The van der Waals surface area contributed by atoms with Crippen molar-refractivity contribution < 1.29 is 9.59 Å². The fourth-order valence-corrected chi connectivity index (χ4v) is 3.22. The van der Waals surface area contributed by atoms with Crippen molar-refractivity contribution in [3.63, 3.8) is 0 Å². The molecule has 0 bridgehead atoms. The third-order valence-corrected chi connectivity index (χ3v) is 4.39. The Kier molecular flexibility index (Phi) is 5.53. The average Bonchev–Trinajstić information content (AvgIpc) is 2.95. The van der Waals surface area contributed by atoms with Crippen molar-refractivity contribution >= 4 is 35.1 Å². The summed E-state index contributed by atoms with van der Waals surface area (Å²) in [4.78, 5) is 25.8. The number of carbonyl (C=O) groups is 2. The zero-order valence-corrected chi connectivity index (χ0v) is 14.0. The third-order valence-electron chi connectivity index (χ3n) is 3.83. The molecule has 1 fully saturated rings. The average molecular weight is 344 g/mol. The van der Waals surface area contributed by atoms with Crippen LogP contribution in [0.15, 0.2) is 18.2 Å². The van der Waals surface area contributed by atoms with Crippen LogP contribution in [0.3, 0.4) is 0 Å². The maximum Gasteiger partial charge on any atom is 0.318 e. The summed E-state index contributed by atoms with van der Waals surface area (Å²) >= 11 is 12.0. The molecule has 7 heteroatoms. The van der Waals surface area contributed by atoms with Gasteiger partial charge in [0.1, 0.15) is 6.04 Å². The number of nitrogens with zero attached hydrogens (tertiary/aromatic N) is 1. The summed E-state index contributed by atoms with van der Waals surface area (Å²) in [5.74, 6) is -0.134. The number of rotatable bonds is 3. The Bertz CT molecular complexity index is 580. The van der Waals surface area contributed by atoms with E-state index in [9.17, 15) is 9.59 Å². The van der Waals surface area contributed by atoms with Gasteiger partial charge >= 0.3 is 6.03 Å². The van der Waals surface area contributed by atoms with Crippen molar-refractivity contribution in [2.45, 2.75) is 31.8 Å². The summed E-state index contributed by atoms with van der Waals surface area (Å²) in [5, 5.41) is 6.53. The first-order valence-electron chi connectivity index (χ1n) is 7.17. The van der Waals surface area contributed by atoms with Crippen LogP contribution in [0.2, 0.25) is 10.0 Å². The number of nitrogens with one attached hydrogen (secondary N) is 2. The van der Waals surface area contributed by atoms with Gasteiger partial charge in [-0.15, -0.1) is 0 Å². The molecule has 1 aliphatic rings. The van der Waals surface area contributed by atoms with Crippen LogP contribution in [0, 0.1) is 0 Å². The van der Waals surface area contributed by atoms with E-state index in [4.69, 9.17) is 23.2 Å². The van der Waals surface area contributed by atoms with Crippen molar-refractivity contribution in [1.82, 2.24) is 15.5 Å². The molecule has 2 N–H and O–H groups in total. The number of hydrogen-bond acceptors (Lipinski definition) is 2. The zero-order valence-electron chi connectivity index (χ0n) is 12.5. The van der Waals surface area contributed by atoms with Crippen molar-refractivity contribution in [2.24, 2.45) is 0 Å². The summed E-state index contributed by atoms with van der Waals surface area (Å²) in [6.07, 6.45) is 1.50. The molecule has 2 atom stereocenters. The van der Waals surface area contributed by atoms with Crippen LogP contribution in [-0.4, -0.2) is 36.5 Å². The van der Waals surface area contributed by atoms with E-state index in [1.54, 1.807) is 30.1 Å². The van der Waals surface area contributed by atoms with Crippen molar-refractivity contribution in [3.8, 4) is 0 Å². The van der Waals surface area contributed by atoms with Crippen LogP contribution in [0.25, 0.3) is 0 Å². The fraction of sp³-hybridized carbons (Fsp3) is 0.467. The van der Waals surface area contributed by atoms with Gasteiger partial charge in [-0.1, -0.05) is 29.3 Å². The molecular formula is C15H19Cl2N3O2. The molecule has 1 aromatic carbocycles. The quantitative estimate of drug-likeness (QED) is 0.886. The highest BCUT2D eigenvalue weighted by Gasteiger charge is 2.34. The second-order valence-electron chi connectivity index (χ2n) is 5.30. The first kappa shape index (κ1) is 16.9. The van der Waals surface area contributed by atoms with Gasteiger partial charge in [0, 0.05) is 23.6 Å². The topological polar surface area (TPSA) is 61.4 Å². The van der Waals surface area contributed by atoms with Crippen LogP contribution in [0.1, 0.15) is 31.4 Å². The second-order valence-corrected chi connectivity index (χ2v) is 6.15. The van der Waals surface area contributed by atoms with E-state index in [0.29, 0.717) is 23.0 Å². The van der Waals surface area contributed by atoms with Crippen LogP contribution >= 0.6 is 23.2 Å². The summed E-state index contributed by atoms with van der Waals surface area (Å²) < 4.78 is 0. The van der Waals surface area contributed by atoms with E-state index in [1.807, 2.05) is 6.92 Å². The number of hydrogen-bond donors (Lipinski definition) is 2. The molecule has 1 aliphatic heterocycles. The molecule has 0 aliphatic carbocycles. The smallest absolute Gasteiger partial charge is 0.318 e. The van der Waals surface area contributed by atoms with Gasteiger partial charge in [0.05, 0.1) is 6.04 Å². The van der Waals surface area contributed by atoms with Gasteiger partial charge in [-0.2, -0.15) is 0 Å². The molecule has 0 saturated carbocycles. The van der Waals surface area contributed by atoms with E-state index in [-0.39, 0.29) is 18.0 Å². The van der Waals surface area contributed by atoms with Crippen LogP contribution in [-0.2, 0) is 4.79 Å². The highest BCUT2D eigenvalue weighted by molar-refractivity contribution is 6.35. The van der Waals surface area contributed by atoms with Crippen molar-refractivity contribution in [3.05, 3.63) is 33.8 Å². The summed E-state index contributed by atoms with van der Waals surface area (Å²) in [7, 11) is 1.58. The van der Waals surface area contributed by atoms with Crippen molar-refractivity contribution in [2.75, 3.05) is 13.6 Å². The van der Waals surface area contributed by atoms with Crippen LogP contribution in [0.5, 0.6) is 0 Å². The Labute approximate surface area is 139 Å². The Morgan fingerprint density at radius 1 is 1.36 bits per heavy atom. The number of amides is 3. The maximum absolute atomic E-state index is 12.4. The molecule has 0 unspecified atom stereocenters. The van der Waals surface area contributed by atoms with Crippen molar-refractivity contribution in [1.29, 1.82) is 0 Å². The van der Waals surface area contributed by atoms with E-state index >= 15 is 0 Å². The standard InChI is InChI=1S/C15H19Cl2N3O2/c1-9(11-6-5-10(16)8-12(11)17)19-15(22)20-7-3-4-13(20)14(21)18-2/h5-6,8-9,13H,3-4,7H2,1-2H3,(H,18,21)(H,19,22)/t9-,13+/m0/s1. The zero-order chi connectivity index (χ0) is 16.3. The molecule has 1 aromatic rings. The lowest BCUT2D eigenvalue weighted by molar-refractivity contribution is -0.124. The summed E-state index contributed by atoms with van der Waals surface area (Å²) in [6, 6.07) is 4.22. The van der Waals surface area contributed by atoms with E-state index in [1.165, 1.54) is 0 Å². The van der Waals surface area contributed by atoms with Gasteiger partial charge in [0.25, 0.3) is 0 Å². The van der Waals surface area contributed by atoms with Gasteiger partial charge in [-0.25, -0.2) is 4.79 Å². The second kappa shape index (κ2) is 7.20. The first-order valence-corrected chi connectivity index (χ1v) is 7.93. The SMILES string of the molecule is CNC(=O)[C@H]1CCCN1C(=O)N[C@@H](C)c1ccc(Cl)cc1Cl. The lowest BCUT2D eigenvalue weighted by Crippen LogP contribution is -2.49. The monoisotopic (exact) mass is 343 g/mol. The minimum atomic E-state index is -0.405. The predicted octanol–water partition coefficient (Wildman–Crippen LogP) is 2.97. The number of likely N-dealkylation sites (N-methyl/N-ethyl adjacent to an activating group) is 1. The highest BCUT2D eigenvalue weighted by atomic mass is 35.5. The number of carbonyl (C=O) groups excluding carboxylic acids is 2. The minimum absolute atomic E-state index is 0.134. The molecule has 2 rings (SSSR count). The van der Waals surface area contributed by atoms with Gasteiger partial charge in [-0.3, -0.25) is 4.79 Å². The molecule has 5 nitrogen and oxygen atoms in total. The van der Waals surface area contributed by atoms with Gasteiger partial charge in [-0.05, 0) is 37.5 Å². The molecule has 0 aromatic heterocycles. The minimum Gasteiger partial charge on any atom is -0.357 e. The largest absolute Gasteiger partial charge is 0.357 e. The predicted molar refractivity (Wildman–Crippen MR) is 87.2 cm³/mol. The molecule has 3 amide bonds. The van der Waals surface area contributed by atoms with Crippen LogP contribution in [0.4, 0.5) is 4.79 Å². The Balaban J connectivity index is 2.06. The number of halogens is 2. The highest BCUT2D eigenvalue weighted by Crippen LogP contribution is 2.26. The van der Waals surface area contributed by atoms with Crippen LogP contribution < -0.4 is 10.6 Å². The molecule has 0 radical (unpaired) electrons. The lowest BCUT2D eigenvalue weighted by atomic mass is 10.1. The normalized spacial score (nSPS) is 18.9.